The van der Waals surface area contributed by atoms with Crippen LogP contribution in [0, 0.1) is 0 Å². The maximum atomic E-state index is 12.2. The summed E-state index contributed by atoms with van der Waals surface area (Å²) in [7, 11) is 0. The van der Waals surface area contributed by atoms with Crippen molar-refractivity contribution in [3.05, 3.63) is 23.8 Å². The Hall–Kier alpha value is -1.82. The Morgan fingerprint density at radius 2 is 2.11 bits per heavy atom. The van der Waals surface area contributed by atoms with Crippen molar-refractivity contribution in [2.75, 3.05) is 13.1 Å². The van der Waals surface area contributed by atoms with Crippen LogP contribution in [0.1, 0.15) is 23.7 Å². The van der Waals surface area contributed by atoms with E-state index >= 15 is 0 Å². The number of hydrogen-bond acceptors (Lipinski definition) is 4. The zero-order valence-corrected chi connectivity index (χ0v) is 10.9. The van der Waals surface area contributed by atoms with Gasteiger partial charge in [-0.25, -0.2) is 0 Å². The van der Waals surface area contributed by atoms with Crippen molar-refractivity contribution < 1.29 is 15.0 Å². The molecular formula is C12H16N2O3S. The van der Waals surface area contributed by atoms with Gasteiger partial charge in [0.1, 0.15) is 11.5 Å². The molecule has 98 valence electrons. The van der Waals surface area contributed by atoms with Crippen LogP contribution in [0.15, 0.2) is 18.2 Å². The third-order valence-corrected chi connectivity index (χ3v) is 2.47. The van der Waals surface area contributed by atoms with Gasteiger partial charge in [0.15, 0.2) is 0 Å². The summed E-state index contributed by atoms with van der Waals surface area (Å²) in [5.74, 6) is -0.716. The second-order valence-electron chi connectivity index (χ2n) is 3.89. The number of carbonyl (C=O) groups excluding carboxylic acids is 1. The van der Waals surface area contributed by atoms with Gasteiger partial charge < -0.3 is 20.8 Å². The van der Waals surface area contributed by atoms with E-state index in [1.54, 1.807) is 0 Å². The lowest BCUT2D eigenvalue weighted by Crippen LogP contribution is -2.38. The van der Waals surface area contributed by atoms with Crippen LogP contribution in [0.4, 0.5) is 0 Å². The van der Waals surface area contributed by atoms with Crippen LogP contribution in [0.2, 0.25) is 0 Å². The lowest BCUT2D eigenvalue weighted by molar-refractivity contribution is 0.0777. The largest absolute Gasteiger partial charge is 0.508 e. The molecule has 0 unspecified atom stereocenters. The van der Waals surface area contributed by atoms with Crippen LogP contribution in [0.5, 0.6) is 11.5 Å². The smallest absolute Gasteiger partial charge is 0.257 e. The summed E-state index contributed by atoms with van der Waals surface area (Å²) < 4.78 is 0. The highest BCUT2D eigenvalue weighted by Gasteiger charge is 2.19. The highest BCUT2D eigenvalue weighted by molar-refractivity contribution is 7.80. The van der Waals surface area contributed by atoms with Crippen LogP contribution in [-0.2, 0) is 0 Å². The van der Waals surface area contributed by atoms with E-state index in [-0.39, 0.29) is 34.5 Å². The van der Waals surface area contributed by atoms with E-state index in [1.807, 2.05) is 6.92 Å². The molecule has 1 amide bonds. The maximum Gasteiger partial charge on any atom is 0.257 e. The summed E-state index contributed by atoms with van der Waals surface area (Å²) in [4.78, 5) is 13.9. The molecule has 4 N–H and O–H groups in total. The van der Waals surface area contributed by atoms with Gasteiger partial charge in [-0.05, 0) is 18.6 Å². The minimum Gasteiger partial charge on any atom is -0.508 e. The number of amides is 1. The van der Waals surface area contributed by atoms with Crippen LogP contribution in [0.25, 0.3) is 0 Å². The molecule has 1 rings (SSSR count). The summed E-state index contributed by atoms with van der Waals surface area (Å²) in [6.07, 6.45) is 0.757. The van der Waals surface area contributed by atoms with Gasteiger partial charge in [0.05, 0.1) is 17.1 Å². The zero-order chi connectivity index (χ0) is 13.7. The number of thiocarbonyl (C=S) groups is 1. The first-order valence-corrected chi connectivity index (χ1v) is 5.96. The third kappa shape index (κ3) is 3.59. The van der Waals surface area contributed by atoms with E-state index in [0.717, 1.165) is 12.5 Å². The van der Waals surface area contributed by atoms with Gasteiger partial charge in [-0.2, -0.15) is 0 Å². The molecule has 6 heteroatoms. The van der Waals surface area contributed by atoms with E-state index in [0.29, 0.717) is 6.54 Å². The number of hydrogen-bond donors (Lipinski definition) is 3. The predicted octanol–water partition coefficient (Wildman–Crippen LogP) is 1.24. The molecule has 0 aliphatic carbocycles. The molecule has 0 saturated carbocycles. The lowest BCUT2D eigenvalue weighted by Gasteiger charge is -2.21. The molecule has 0 fully saturated rings. The fourth-order valence-electron chi connectivity index (χ4n) is 1.58. The summed E-state index contributed by atoms with van der Waals surface area (Å²) in [6, 6.07) is 3.84. The van der Waals surface area contributed by atoms with Crippen molar-refractivity contribution in [3.63, 3.8) is 0 Å². The molecule has 0 aliphatic rings. The van der Waals surface area contributed by atoms with Crippen molar-refractivity contribution in [1.29, 1.82) is 0 Å². The first-order valence-electron chi connectivity index (χ1n) is 5.55. The Labute approximate surface area is 111 Å². The number of carbonyl (C=O) groups is 1. The Balaban J connectivity index is 2.97. The van der Waals surface area contributed by atoms with E-state index in [9.17, 15) is 15.0 Å². The average Bonchev–Trinajstić information content (AvgIpc) is 2.27. The van der Waals surface area contributed by atoms with Gasteiger partial charge in [-0.15, -0.1) is 0 Å². The lowest BCUT2D eigenvalue weighted by atomic mass is 10.1. The van der Waals surface area contributed by atoms with Crippen molar-refractivity contribution >= 4 is 23.1 Å². The van der Waals surface area contributed by atoms with Crippen LogP contribution < -0.4 is 5.73 Å². The molecule has 1 aromatic rings. The standard InChI is InChI=1S/C12H16N2O3S/c1-2-5-14(7-11(13)18)12(17)9-4-3-8(15)6-10(9)16/h3-4,6,15-16H,2,5,7H2,1H3,(H2,13,18). The molecule has 0 saturated heterocycles. The van der Waals surface area contributed by atoms with Gasteiger partial charge >= 0.3 is 0 Å². The fraction of sp³-hybridized carbons (Fsp3) is 0.333. The molecule has 0 aromatic heterocycles. The number of aromatic hydroxyl groups is 2. The molecule has 18 heavy (non-hydrogen) atoms. The van der Waals surface area contributed by atoms with E-state index in [2.05, 4.69) is 0 Å². The first kappa shape index (κ1) is 14.2. The van der Waals surface area contributed by atoms with Crippen LogP contribution in [0.3, 0.4) is 0 Å². The Kier molecular flexibility index (Phi) is 4.91. The van der Waals surface area contributed by atoms with Crippen LogP contribution >= 0.6 is 12.2 Å². The summed E-state index contributed by atoms with van der Waals surface area (Å²) >= 11 is 4.79. The number of rotatable bonds is 5. The second kappa shape index (κ2) is 6.20. The summed E-state index contributed by atoms with van der Waals surface area (Å²) in [6.45, 7) is 2.59. The quantitative estimate of drug-likeness (QED) is 0.699. The van der Waals surface area contributed by atoms with E-state index in [1.165, 1.54) is 17.0 Å². The monoisotopic (exact) mass is 268 g/mol. The predicted molar refractivity (Wildman–Crippen MR) is 72.8 cm³/mol. The molecule has 0 atom stereocenters. The van der Waals surface area contributed by atoms with E-state index < -0.39 is 0 Å². The topological polar surface area (TPSA) is 86.8 Å². The van der Waals surface area contributed by atoms with Gasteiger partial charge in [-0.1, -0.05) is 19.1 Å². The maximum absolute atomic E-state index is 12.2. The van der Waals surface area contributed by atoms with Gasteiger partial charge in [0.2, 0.25) is 0 Å². The van der Waals surface area contributed by atoms with Crippen molar-refractivity contribution in [2.24, 2.45) is 5.73 Å². The number of nitrogens with zero attached hydrogens (tertiary/aromatic N) is 1. The molecule has 0 heterocycles. The molecular weight excluding hydrogens is 252 g/mol. The van der Waals surface area contributed by atoms with Gasteiger partial charge in [0.25, 0.3) is 5.91 Å². The molecule has 0 spiro atoms. The SMILES string of the molecule is CCCN(CC(N)=S)C(=O)c1ccc(O)cc1O. The highest BCUT2D eigenvalue weighted by Crippen LogP contribution is 2.23. The Bertz CT molecular complexity index is 463. The number of phenolic OH excluding ortho intramolecular Hbond substituents is 2. The Morgan fingerprint density at radius 1 is 1.44 bits per heavy atom. The van der Waals surface area contributed by atoms with Crippen molar-refractivity contribution in [2.45, 2.75) is 13.3 Å². The third-order valence-electron chi connectivity index (χ3n) is 2.34. The average molecular weight is 268 g/mol. The highest BCUT2D eigenvalue weighted by atomic mass is 32.1. The normalized spacial score (nSPS) is 10.1. The van der Waals surface area contributed by atoms with E-state index in [4.69, 9.17) is 18.0 Å². The number of nitrogens with two attached hydrogens (primary N) is 1. The fourth-order valence-corrected chi connectivity index (χ4v) is 1.74. The zero-order valence-electron chi connectivity index (χ0n) is 10.1. The van der Waals surface area contributed by atoms with Crippen molar-refractivity contribution in [3.8, 4) is 11.5 Å². The molecule has 5 nitrogen and oxygen atoms in total. The summed E-state index contributed by atoms with van der Waals surface area (Å²) in [5, 5.41) is 18.8. The minimum absolute atomic E-state index is 0.0968. The molecule has 0 aliphatic heterocycles. The van der Waals surface area contributed by atoms with Crippen LogP contribution in [-0.4, -0.2) is 39.1 Å². The number of benzene rings is 1. The summed E-state index contributed by atoms with van der Waals surface area (Å²) in [5.41, 5.74) is 5.56. The first-order chi connectivity index (χ1) is 8.45. The molecule has 0 bridgehead atoms. The minimum atomic E-state index is -0.359. The second-order valence-corrected chi connectivity index (χ2v) is 4.42. The Morgan fingerprint density at radius 3 is 2.61 bits per heavy atom. The molecule has 0 radical (unpaired) electrons. The van der Waals surface area contributed by atoms with Gasteiger partial charge in [-0.3, -0.25) is 4.79 Å². The van der Waals surface area contributed by atoms with Gasteiger partial charge in [0, 0.05) is 12.6 Å². The number of phenols is 2. The van der Waals surface area contributed by atoms with Crippen molar-refractivity contribution in [1.82, 2.24) is 4.90 Å². The molecule has 1 aromatic carbocycles.